The summed E-state index contributed by atoms with van der Waals surface area (Å²) >= 11 is 0. The first-order valence-electron chi connectivity index (χ1n) is 9.47. The Hall–Kier alpha value is -3.53. The number of nitrogens with zero attached hydrogens (tertiary/aromatic N) is 1. The number of fused-ring (bicyclic) bond motifs is 5. The molecule has 4 rings (SSSR count). The van der Waals surface area contributed by atoms with Gasteiger partial charge in [0.15, 0.2) is 5.60 Å². The normalized spacial score (nSPS) is 28.1. The van der Waals surface area contributed by atoms with Crippen LogP contribution in [0.4, 0.5) is 5.69 Å². The fourth-order valence-corrected chi connectivity index (χ4v) is 4.34. The average molecular weight is 429 g/mol. The highest BCUT2D eigenvalue weighted by molar-refractivity contribution is 6.23. The molecule has 1 aromatic rings. The standard InChI is InChI=1S/C21H19NO9/c1-10(23)29-20(30-11(2)24)21-9-8-14(31-21)15-16(21)18(26)22(17(15)25)13-6-4-12(5-7-13)19(27)28-3/h4-9,14-16,20H,1-3H3/t14-,15-,16+,21-/m1/s1. The van der Waals surface area contributed by atoms with Crippen LogP contribution in [-0.2, 0) is 38.1 Å². The number of benzene rings is 1. The van der Waals surface area contributed by atoms with Gasteiger partial charge >= 0.3 is 17.9 Å². The lowest BCUT2D eigenvalue weighted by Crippen LogP contribution is -2.52. The zero-order chi connectivity index (χ0) is 22.5. The van der Waals surface area contributed by atoms with E-state index < -0.39 is 59.6 Å². The zero-order valence-electron chi connectivity index (χ0n) is 16.9. The van der Waals surface area contributed by atoms with Gasteiger partial charge < -0.3 is 18.9 Å². The summed E-state index contributed by atoms with van der Waals surface area (Å²) in [6.07, 6.45) is 0.826. The summed E-state index contributed by atoms with van der Waals surface area (Å²) < 4.78 is 20.9. The van der Waals surface area contributed by atoms with Gasteiger partial charge in [-0.3, -0.25) is 19.2 Å². The molecule has 0 radical (unpaired) electrons. The van der Waals surface area contributed by atoms with Crippen LogP contribution in [0.3, 0.4) is 0 Å². The zero-order valence-corrected chi connectivity index (χ0v) is 16.9. The minimum Gasteiger partial charge on any atom is -0.465 e. The predicted octanol–water partition coefficient (Wildman–Crippen LogP) is 0.738. The summed E-state index contributed by atoms with van der Waals surface area (Å²) in [5, 5.41) is 0. The fourth-order valence-electron chi connectivity index (χ4n) is 4.34. The fraction of sp³-hybridized carbons (Fsp3) is 0.381. The van der Waals surface area contributed by atoms with E-state index in [1.807, 2.05) is 0 Å². The first-order valence-corrected chi connectivity index (χ1v) is 9.47. The summed E-state index contributed by atoms with van der Waals surface area (Å²) in [5.74, 6) is -5.04. The SMILES string of the molecule is COC(=O)c1ccc(N2C(=O)[C@H]3[C@@H](C2=O)[C@@]2(C(OC(C)=O)OC(C)=O)C=C[C@H]3O2)cc1. The Morgan fingerprint density at radius 1 is 1.03 bits per heavy atom. The molecule has 4 atom stereocenters. The number of ether oxygens (including phenoxy) is 4. The highest BCUT2D eigenvalue weighted by Gasteiger charge is 2.72. The van der Waals surface area contributed by atoms with E-state index in [2.05, 4.69) is 4.74 Å². The van der Waals surface area contributed by atoms with Crippen LogP contribution in [0.15, 0.2) is 36.4 Å². The van der Waals surface area contributed by atoms with Gasteiger partial charge in [0.05, 0.1) is 36.3 Å². The summed E-state index contributed by atoms with van der Waals surface area (Å²) in [6, 6.07) is 5.80. The molecule has 0 spiro atoms. The third kappa shape index (κ3) is 3.10. The predicted molar refractivity (Wildman–Crippen MR) is 101 cm³/mol. The van der Waals surface area contributed by atoms with E-state index in [9.17, 15) is 24.0 Å². The second-order valence-corrected chi connectivity index (χ2v) is 7.40. The van der Waals surface area contributed by atoms with Crippen molar-refractivity contribution in [2.75, 3.05) is 12.0 Å². The number of hydrogen-bond donors (Lipinski definition) is 0. The molecule has 2 bridgehead atoms. The number of esters is 3. The Morgan fingerprint density at radius 3 is 2.19 bits per heavy atom. The number of hydrogen-bond acceptors (Lipinski definition) is 9. The van der Waals surface area contributed by atoms with Crippen LogP contribution in [0.1, 0.15) is 24.2 Å². The summed E-state index contributed by atoms with van der Waals surface area (Å²) in [6.45, 7) is 2.26. The Bertz CT molecular complexity index is 998. The molecule has 2 amide bonds. The van der Waals surface area contributed by atoms with Crippen LogP contribution in [0.5, 0.6) is 0 Å². The van der Waals surface area contributed by atoms with E-state index in [1.165, 1.54) is 37.5 Å². The Balaban J connectivity index is 1.69. The number of imide groups is 1. The maximum atomic E-state index is 13.4. The topological polar surface area (TPSA) is 126 Å². The molecule has 3 heterocycles. The number of rotatable bonds is 5. The van der Waals surface area contributed by atoms with Gasteiger partial charge in [-0.2, -0.15) is 0 Å². The maximum Gasteiger partial charge on any atom is 0.337 e. The highest BCUT2D eigenvalue weighted by atomic mass is 16.7. The van der Waals surface area contributed by atoms with Gasteiger partial charge in [0.25, 0.3) is 6.29 Å². The van der Waals surface area contributed by atoms with Crippen LogP contribution < -0.4 is 4.90 Å². The first kappa shape index (κ1) is 20.7. The highest BCUT2D eigenvalue weighted by Crippen LogP contribution is 2.54. The number of carbonyl (C=O) groups is 5. The van der Waals surface area contributed by atoms with Crippen molar-refractivity contribution in [2.45, 2.75) is 31.8 Å². The van der Waals surface area contributed by atoms with E-state index in [4.69, 9.17) is 14.2 Å². The lowest BCUT2D eigenvalue weighted by molar-refractivity contribution is -0.226. The van der Waals surface area contributed by atoms with E-state index in [0.717, 1.165) is 18.7 Å². The van der Waals surface area contributed by atoms with Crippen molar-refractivity contribution >= 4 is 35.4 Å². The van der Waals surface area contributed by atoms with Crippen molar-refractivity contribution in [1.29, 1.82) is 0 Å². The van der Waals surface area contributed by atoms with Gasteiger partial charge in [-0.15, -0.1) is 0 Å². The lowest BCUT2D eigenvalue weighted by atomic mass is 9.76. The molecule has 0 aliphatic carbocycles. The van der Waals surface area contributed by atoms with Gasteiger partial charge in [-0.05, 0) is 30.3 Å². The van der Waals surface area contributed by atoms with Gasteiger partial charge in [0.1, 0.15) is 0 Å². The van der Waals surface area contributed by atoms with Gasteiger partial charge in [-0.25, -0.2) is 9.69 Å². The van der Waals surface area contributed by atoms with Crippen LogP contribution in [0.25, 0.3) is 0 Å². The van der Waals surface area contributed by atoms with Crippen molar-refractivity contribution in [3.63, 3.8) is 0 Å². The molecule has 0 aromatic heterocycles. The van der Waals surface area contributed by atoms with Crippen molar-refractivity contribution in [1.82, 2.24) is 0 Å². The minimum atomic E-state index is -1.61. The lowest BCUT2D eigenvalue weighted by Gasteiger charge is -2.34. The average Bonchev–Trinajstić information content (AvgIpc) is 3.37. The molecule has 1 aromatic carbocycles. The summed E-state index contributed by atoms with van der Waals surface area (Å²) in [5.41, 5.74) is -1.08. The molecular weight excluding hydrogens is 410 g/mol. The molecule has 2 fully saturated rings. The summed E-state index contributed by atoms with van der Waals surface area (Å²) in [7, 11) is 1.25. The van der Waals surface area contributed by atoms with Gasteiger partial charge in [0.2, 0.25) is 11.8 Å². The minimum absolute atomic E-state index is 0.261. The second kappa shape index (κ2) is 7.31. The third-order valence-corrected chi connectivity index (χ3v) is 5.54. The molecule has 10 heteroatoms. The molecular formula is C21H19NO9. The Morgan fingerprint density at radius 2 is 1.65 bits per heavy atom. The Labute approximate surface area is 176 Å². The van der Waals surface area contributed by atoms with Crippen LogP contribution in [0.2, 0.25) is 0 Å². The first-order chi connectivity index (χ1) is 14.7. The number of carbonyl (C=O) groups excluding carboxylic acids is 5. The van der Waals surface area contributed by atoms with E-state index >= 15 is 0 Å². The van der Waals surface area contributed by atoms with Crippen LogP contribution in [-0.4, -0.2) is 54.8 Å². The molecule has 2 saturated heterocycles. The van der Waals surface area contributed by atoms with Crippen molar-refractivity contribution < 1.29 is 42.9 Å². The Kier molecular flexibility index (Phi) is 4.89. The molecule has 0 unspecified atom stereocenters. The maximum absolute atomic E-state index is 13.4. The molecule has 162 valence electrons. The van der Waals surface area contributed by atoms with Crippen molar-refractivity contribution in [3.8, 4) is 0 Å². The number of amides is 2. The quantitative estimate of drug-likeness (QED) is 0.288. The summed E-state index contributed by atoms with van der Waals surface area (Å²) in [4.78, 5) is 62.4. The molecule has 3 aliphatic rings. The van der Waals surface area contributed by atoms with Crippen LogP contribution in [0, 0.1) is 11.8 Å². The van der Waals surface area contributed by atoms with Gasteiger partial charge in [0, 0.05) is 13.8 Å². The van der Waals surface area contributed by atoms with Crippen molar-refractivity contribution in [3.05, 3.63) is 42.0 Å². The van der Waals surface area contributed by atoms with Gasteiger partial charge in [-0.1, -0.05) is 6.08 Å². The molecule has 10 nitrogen and oxygen atoms in total. The van der Waals surface area contributed by atoms with E-state index in [0.29, 0.717) is 0 Å². The largest absolute Gasteiger partial charge is 0.465 e. The monoisotopic (exact) mass is 429 g/mol. The molecule has 0 N–H and O–H groups in total. The molecule has 0 saturated carbocycles. The number of methoxy groups -OCH3 is 1. The van der Waals surface area contributed by atoms with E-state index in [1.54, 1.807) is 6.08 Å². The van der Waals surface area contributed by atoms with E-state index in [-0.39, 0.29) is 11.3 Å². The smallest absolute Gasteiger partial charge is 0.337 e. The number of anilines is 1. The third-order valence-electron chi connectivity index (χ3n) is 5.54. The molecule has 31 heavy (non-hydrogen) atoms. The van der Waals surface area contributed by atoms with Crippen LogP contribution >= 0.6 is 0 Å². The molecule has 3 aliphatic heterocycles. The van der Waals surface area contributed by atoms with Crippen molar-refractivity contribution in [2.24, 2.45) is 11.8 Å². The second-order valence-electron chi connectivity index (χ2n) is 7.40.